The van der Waals surface area contributed by atoms with Crippen molar-refractivity contribution in [3.05, 3.63) is 34.7 Å². The highest BCUT2D eigenvalue weighted by Crippen LogP contribution is 2.31. The van der Waals surface area contributed by atoms with Crippen LogP contribution in [-0.2, 0) is 9.59 Å². The van der Waals surface area contributed by atoms with Gasteiger partial charge in [0.15, 0.2) is 0 Å². The number of aliphatic hydroxyl groups excluding tert-OH is 1. The number of aliphatic hydroxyl groups is 1. The molecule has 106 valence electrons. The minimum atomic E-state index is -0.781. The van der Waals surface area contributed by atoms with Crippen LogP contribution in [0.15, 0.2) is 23.9 Å². The second-order valence-corrected chi connectivity index (χ2v) is 4.39. The number of imide groups is 1. The first-order valence-corrected chi connectivity index (χ1v) is 5.95. The normalized spacial score (nSPS) is 14.8. The minimum absolute atomic E-state index is 0.0925. The number of phenolic OH excluding ortho intramolecular Hbond substituents is 1. The predicted molar refractivity (Wildman–Crippen MR) is 68.6 cm³/mol. The zero-order chi connectivity index (χ0) is 14.9. The van der Waals surface area contributed by atoms with Crippen LogP contribution in [-0.4, -0.2) is 40.1 Å². The van der Waals surface area contributed by atoms with E-state index >= 15 is 0 Å². The molecule has 2 amide bonds. The average Bonchev–Trinajstić information content (AvgIpc) is 2.64. The first-order valence-electron chi connectivity index (χ1n) is 5.57. The molecule has 0 saturated heterocycles. The molecule has 6 nitrogen and oxygen atoms in total. The minimum Gasteiger partial charge on any atom is -0.506 e. The van der Waals surface area contributed by atoms with Crippen molar-refractivity contribution in [2.75, 3.05) is 18.5 Å². The molecule has 3 N–H and O–H groups in total. The molecule has 0 fully saturated rings. The van der Waals surface area contributed by atoms with Crippen LogP contribution in [0.5, 0.6) is 5.75 Å². The summed E-state index contributed by atoms with van der Waals surface area (Å²) in [5, 5.41) is 20.6. The molecule has 1 aromatic carbocycles. The molecule has 8 heteroatoms. The van der Waals surface area contributed by atoms with E-state index in [1.54, 1.807) is 0 Å². The molecule has 1 aromatic rings. The highest BCUT2D eigenvalue weighted by Gasteiger charge is 2.31. The number of carbonyl (C=O) groups excluding carboxylic acids is 2. The Morgan fingerprint density at radius 2 is 2.05 bits per heavy atom. The summed E-state index contributed by atoms with van der Waals surface area (Å²) in [5.74, 6) is -2.41. The Balaban J connectivity index is 2.23. The lowest BCUT2D eigenvalue weighted by Crippen LogP contribution is -2.34. The van der Waals surface area contributed by atoms with E-state index in [0.717, 1.165) is 23.1 Å². The van der Waals surface area contributed by atoms with Crippen molar-refractivity contribution < 1.29 is 24.2 Å². The SMILES string of the molecule is O=C1C=C(Nc2cc(F)c(Cl)cc2O)C(=O)N1CCO. The molecule has 20 heavy (non-hydrogen) atoms. The van der Waals surface area contributed by atoms with Crippen LogP contribution in [0.2, 0.25) is 5.02 Å². The topological polar surface area (TPSA) is 89.9 Å². The number of halogens is 2. The fourth-order valence-corrected chi connectivity index (χ4v) is 1.85. The van der Waals surface area contributed by atoms with Crippen LogP contribution < -0.4 is 5.32 Å². The highest BCUT2D eigenvalue weighted by atomic mass is 35.5. The molecule has 1 heterocycles. The van der Waals surface area contributed by atoms with Crippen LogP contribution in [0, 0.1) is 5.82 Å². The van der Waals surface area contributed by atoms with Gasteiger partial charge in [-0.05, 0) is 0 Å². The van der Waals surface area contributed by atoms with Gasteiger partial charge in [-0.15, -0.1) is 0 Å². The summed E-state index contributed by atoms with van der Waals surface area (Å²) < 4.78 is 13.3. The van der Waals surface area contributed by atoms with E-state index < -0.39 is 17.6 Å². The van der Waals surface area contributed by atoms with Gasteiger partial charge in [0.2, 0.25) is 0 Å². The fourth-order valence-electron chi connectivity index (χ4n) is 1.69. The zero-order valence-corrected chi connectivity index (χ0v) is 10.8. The van der Waals surface area contributed by atoms with Gasteiger partial charge in [0, 0.05) is 18.2 Å². The van der Waals surface area contributed by atoms with Crippen molar-refractivity contribution in [3.63, 3.8) is 0 Å². The maximum Gasteiger partial charge on any atom is 0.277 e. The lowest BCUT2D eigenvalue weighted by atomic mass is 10.2. The number of rotatable bonds is 4. The molecular formula is C12H10ClFN2O4. The molecule has 0 aliphatic carbocycles. The molecule has 0 spiro atoms. The fraction of sp³-hybridized carbons (Fsp3) is 0.167. The maximum absolute atomic E-state index is 13.3. The Hall–Kier alpha value is -2.12. The van der Waals surface area contributed by atoms with E-state index in [9.17, 15) is 19.1 Å². The summed E-state index contributed by atoms with van der Waals surface area (Å²) in [6.07, 6.45) is 1.00. The van der Waals surface area contributed by atoms with Crippen LogP contribution in [0.3, 0.4) is 0 Å². The molecule has 0 unspecified atom stereocenters. The number of nitrogens with one attached hydrogen (secondary N) is 1. The van der Waals surface area contributed by atoms with Crippen molar-refractivity contribution in [1.82, 2.24) is 4.90 Å². The number of anilines is 1. The third kappa shape index (κ3) is 2.59. The number of carbonyl (C=O) groups is 2. The quantitative estimate of drug-likeness (QED) is 0.566. The molecule has 0 radical (unpaired) electrons. The lowest BCUT2D eigenvalue weighted by Gasteiger charge is -2.14. The maximum atomic E-state index is 13.3. The second-order valence-electron chi connectivity index (χ2n) is 3.99. The molecule has 0 bridgehead atoms. The predicted octanol–water partition coefficient (Wildman–Crippen LogP) is 0.842. The van der Waals surface area contributed by atoms with Crippen LogP contribution >= 0.6 is 11.6 Å². The third-order valence-electron chi connectivity index (χ3n) is 2.64. The van der Waals surface area contributed by atoms with E-state index in [4.69, 9.17) is 16.7 Å². The summed E-state index contributed by atoms with van der Waals surface area (Å²) in [7, 11) is 0. The molecule has 1 aliphatic heterocycles. The van der Waals surface area contributed by atoms with Crippen LogP contribution in [0.1, 0.15) is 0 Å². The number of nitrogens with zero attached hydrogens (tertiary/aromatic N) is 1. The van der Waals surface area contributed by atoms with Gasteiger partial charge in [0.25, 0.3) is 11.8 Å². The number of β-amino-alcohol motifs (C(OH)–C–C–N with tert-alkyl or cyclic N) is 1. The number of hydrogen-bond donors (Lipinski definition) is 3. The zero-order valence-electron chi connectivity index (χ0n) is 10.1. The second kappa shape index (κ2) is 5.48. The molecule has 1 aliphatic rings. The standard InChI is InChI=1S/C12H10ClFN2O4/c13-6-3-10(18)8(4-7(6)14)15-9-5-11(19)16(1-2-17)12(9)20/h3-5,15,17-18H,1-2H2. The molecular weight excluding hydrogens is 291 g/mol. The Labute approximate surface area is 118 Å². The van der Waals surface area contributed by atoms with E-state index in [2.05, 4.69) is 5.32 Å². The molecule has 0 aromatic heterocycles. The molecule has 0 saturated carbocycles. The van der Waals surface area contributed by atoms with Crippen molar-refractivity contribution in [1.29, 1.82) is 0 Å². The van der Waals surface area contributed by atoms with Crippen molar-refractivity contribution in [2.24, 2.45) is 0 Å². The van der Waals surface area contributed by atoms with Crippen LogP contribution in [0.4, 0.5) is 10.1 Å². The van der Waals surface area contributed by atoms with Gasteiger partial charge in [0.1, 0.15) is 17.3 Å². The first-order chi connectivity index (χ1) is 9.43. The Kier molecular flexibility index (Phi) is 3.91. The number of phenols is 1. The number of amides is 2. The summed E-state index contributed by atoms with van der Waals surface area (Å²) >= 11 is 5.48. The third-order valence-corrected chi connectivity index (χ3v) is 2.93. The van der Waals surface area contributed by atoms with Crippen LogP contribution in [0.25, 0.3) is 0 Å². The van der Waals surface area contributed by atoms with Crippen molar-refractivity contribution in [3.8, 4) is 5.75 Å². The summed E-state index contributed by atoms with van der Waals surface area (Å²) in [6.45, 7) is -0.500. The number of hydrogen-bond acceptors (Lipinski definition) is 5. The van der Waals surface area contributed by atoms with Gasteiger partial charge in [-0.3, -0.25) is 14.5 Å². The Bertz CT molecular complexity index is 618. The Morgan fingerprint density at radius 1 is 1.35 bits per heavy atom. The van der Waals surface area contributed by atoms with E-state index in [-0.39, 0.29) is 35.3 Å². The molecule has 0 atom stereocenters. The van der Waals surface area contributed by atoms with Gasteiger partial charge in [-0.25, -0.2) is 4.39 Å². The summed E-state index contributed by atoms with van der Waals surface area (Å²) in [5.41, 5.74) is -0.217. The van der Waals surface area contributed by atoms with E-state index in [0.29, 0.717) is 0 Å². The number of benzene rings is 1. The Morgan fingerprint density at radius 3 is 2.70 bits per heavy atom. The van der Waals surface area contributed by atoms with Gasteiger partial charge in [0.05, 0.1) is 23.9 Å². The largest absolute Gasteiger partial charge is 0.506 e. The average molecular weight is 301 g/mol. The molecule has 2 rings (SSSR count). The van der Waals surface area contributed by atoms with Gasteiger partial charge < -0.3 is 15.5 Å². The highest BCUT2D eigenvalue weighted by molar-refractivity contribution is 6.31. The van der Waals surface area contributed by atoms with Gasteiger partial charge in [-0.1, -0.05) is 11.6 Å². The van der Waals surface area contributed by atoms with Crippen molar-refractivity contribution >= 4 is 29.1 Å². The summed E-state index contributed by atoms with van der Waals surface area (Å²) in [6, 6.07) is 1.89. The van der Waals surface area contributed by atoms with Gasteiger partial charge >= 0.3 is 0 Å². The van der Waals surface area contributed by atoms with E-state index in [1.165, 1.54) is 0 Å². The summed E-state index contributed by atoms with van der Waals surface area (Å²) in [4.78, 5) is 24.2. The van der Waals surface area contributed by atoms with Crippen molar-refractivity contribution in [2.45, 2.75) is 0 Å². The number of aromatic hydroxyl groups is 1. The smallest absolute Gasteiger partial charge is 0.277 e. The monoisotopic (exact) mass is 300 g/mol. The van der Waals surface area contributed by atoms with E-state index in [1.807, 2.05) is 0 Å². The first kappa shape index (κ1) is 14.3. The van der Waals surface area contributed by atoms with Gasteiger partial charge in [-0.2, -0.15) is 0 Å². The lowest BCUT2D eigenvalue weighted by molar-refractivity contribution is -0.137.